The van der Waals surface area contributed by atoms with Gasteiger partial charge in [-0.3, -0.25) is 4.98 Å². The molecule has 0 saturated carbocycles. The Bertz CT molecular complexity index is 788. The molecular weight excluding hydrogens is 244 g/mol. The van der Waals surface area contributed by atoms with Crippen molar-refractivity contribution >= 4 is 10.9 Å². The molecule has 2 nitrogen and oxygen atoms in total. The van der Waals surface area contributed by atoms with Crippen LogP contribution in [-0.2, 0) is 13.1 Å². The maximum atomic E-state index is 4.80. The molecule has 0 bridgehead atoms. The molecule has 1 aliphatic rings. The maximum absolute atomic E-state index is 4.80. The number of nitrogens with zero attached hydrogens (tertiary/aromatic N) is 1. The van der Waals surface area contributed by atoms with E-state index in [1.54, 1.807) is 0 Å². The van der Waals surface area contributed by atoms with Gasteiger partial charge in [-0.05, 0) is 29.7 Å². The number of aryl methyl sites for hydroxylation is 1. The molecule has 3 aromatic rings. The predicted octanol–water partition coefficient (Wildman–Crippen LogP) is 3.81. The molecule has 1 N–H and O–H groups in total. The second-order valence-electron chi connectivity index (χ2n) is 5.40. The lowest BCUT2D eigenvalue weighted by molar-refractivity contribution is 0.758. The van der Waals surface area contributed by atoms with Gasteiger partial charge in [0, 0.05) is 18.5 Å². The number of para-hydroxylation sites is 1. The van der Waals surface area contributed by atoms with Crippen molar-refractivity contribution in [2.45, 2.75) is 20.0 Å². The number of nitrogens with one attached hydrogen (secondary N) is 1. The molecule has 1 aliphatic heterocycles. The fraction of sp³-hybridized carbons (Fsp3) is 0.167. The minimum absolute atomic E-state index is 0.874. The summed E-state index contributed by atoms with van der Waals surface area (Å²) in [6, 6.07) is 17.2. The topological polar surface area (TPSA) is 24.9 Å². The van der Waals surface area contributed by atoms with Gasteiger partial charge in [0.05, 0.1) is 11.2 Å². The summed E-state index contributed by atoms with van der Waals surface area (Å²) in [4.78, 5) is 4.80. The van der Waals surface area contributed by atoms with E-state index in [0.29, 0.717) is 0 Å². The van der Waals surface area contributed by atoms with Crippen LogP contribution in [0.25, 0.3) is 22.0 Å². The Kier molecular flexibility index (Phi) is 2.57. The molecule has 0 spiro atoms. The van der Waals surface area contributed by atoms with Gasteiger partial charge < -0.3 is 5.32 Å². The number of aromatic nitrogens is 1. The molecule has 0 radical (unpaired) electrons. The highest BCUT2D eigenvalue weighted by molar-refractivity contribution is 5.96. The summed E-state index contributed by atoms with van der Waals surface area (Å²) in [6.45, 7) is 3.91. The predicted molar refractivity (Wildman–Crippen MR) is 82.5 cm³/mol. The summed E-state index contributed by atoms with van der Waals surface area (Å²) >= 11 is 0. The minimum Gasteiger partial charge on any atom is -0.307 e. The highest BCUT2D eigenvalue weighted by Crippen LogP contribution is 2.34. The highest BCUT2D eigenvalue weighted by Gasteiger charge is 2.19. The van der Waals surface area contributed by atoms with Gasteiger partial charge in [-0.1, -0.05) is 48.0 Å². The van der Waals surface area contributed by atoms with Crippen LogP contribution < -0.4 is 5.32 Å². The summed E-state index contributed by atoms with van der Waals surface area (Å²) in [7, 11) is 0. The molecule has 20 heavy (non-hydrogen) atoms. The molecule has 0 unspecified atom stereocenters. The van der Waals surface area contributed by atoms with Crippen molar-refractivity contribution in [2.75, 3.05) is 0 Å². The Morgan fingerprint density at radius 3 is 2.60 bits per heavy atom. The quantitative estimate of drug-likeness (QED) is 0.719. The van der Waals surface area contributed by atoms with E-state index in [9.17, 15) is 0 Å². The fourth-order valence-electron chi connectivity index (χ4n) is 2.99. The minimum atomic E-state index is 0.874. The normalized spacial score (nSPS) is 13.7. The Morgan fingerprint density at radius 2 is 1.75 bits per heavy atom. The van der Waals surface area contributed by atoms with Gasteiger partial charge in [0.2, 0.25) is 0 Å². The Labute approximate surface area is 118 Å². The van der Waals surface area contributed by atoms with Crippen molar-refractivity contribution in [3.05, 3.63) is 65.4 Å². The largest absolute Gasteiger partial charge is 0.307 e. The van der Waals surface area contributed by atoms with Crippen LogP contribution in [0.15, 0.2) is 48.5 Å². The third-order valence-electron chi connectivity index (χ3n) is 4.01. The van der Waals surface area contributed by atoms with Crippen molar-refractivity contribution in [1.29, 1.82) is 0 Å². The van der Waals surface area contributed by atoms with Crippen LogP contribution >= 0.6 is 0 Å². The second-order valence-corrected chi connectivity index (χ2v) is 5.40. The zero-order valence-electron chi connectivity index (χ0n) is 11.5. The Hall–Kier alpha value is -2.19. The molecule has 0 amide bonds. The summed E-state index contributed by atoms with van der Waals surface area (Å²) in [6.07, 6.45) is 0. The molecular formula is C18H16N2. The molecule has 1 aromatic heterocycles. The Balaban J connectivity index is 2.08. The van der Waals surface area contributed by atoms with Crippen LogP contribution in [0.1, 0.15) is 16.8 Å². The first-order valence-corrected chi connectivity index (χ1v) is 7.01. The lowest BCUT2D eigenvalue weighted by Gasteiger charge is -2.12. The van der Waals surface area contributed by atoms with Crippen LogP contribution in [0.5, 0.6) is 0 Å². The number of benzene rings is 2. The number of hydrogen-bond donors (Lipinski definition) is 1. The zero-order valence-corrected chi connectivity index (χ0v) is 11.5. The van der Waals surface area contributed by atoms with E-state index in [0.717, 1.165) is 18.6 Å². The first-order valence-electron chi connectivity index (χ1n) is 7.01. The molecule has 0 atom stereocenters. The third-order valence-corrected chi connectivity index (χ3v) is 4.01. The molecule has 98 valence electrons. The van der Waals surface area contributed by atoms with Crippen molar-refractivity contribution in [1.82, 2.24) is 10.3 Å². The van der Waals surface area contributed by atoms with Crippen molar-refractivity contribution < 1.29 is 0 Å². The first-order chi connectivity index (χ1) is 9.83. The van der Waals surface area contributed by atoms with E-state index in [2.05, 4.69) is 60.8 Å². The molecule has 4 rings (SSSR count). The number of pyridine rings is 1. The van der Waals surface area contributed by atoms with E-state index < -0.39 is 0 Å². The SMILES string of the molecule is Cc1ccc(-c2c3c(nc4ccccc24)CNC3)cc1. The average Bonchev–Trinajstić information content (AvgIpc) is 2.93. The van der Waals surface area contributed by atoms with Gasteiger partial charge in [-0.25, -0.2) is 0 Å². The first kappa shape index (κ1) is 11.6. The van der Waals surface area contributed by atoms with E-state index >= 15 is 0 Å². The molecule has 0 aliphatic carbocycles. The standard InChI is InChI=1S/C18H16N2/c1-12-6-8-13(9-7-12)18-14-4-2-3-5-16(14)20-17-11-19-10-15(17)18/h2-9,19H,10-11H2,1H3. The fourth-order valence-corrected chi connectivity index (χ4v) is 2.99. The summed E-state index contributed by atoms with van der Waals surface area (Å²) in [5.74, 6) is 0. The van der Waals surface area contributed by atoms with Crippen LogP contribution in [-0.4, -0.2) is 4.98 Å². The number of hydrogen-bond acceptors (Lipinski definition) is 2. The van der Waals surface area contributed by atoms with E-state index in [4.69, 9.17) is 4.98 Å². The number of rotatable bonds is 1. The molecule has 0 saturated heterocycles. The maximum Gasteiger partial charge on any atom is 0.0712 e. The van der Waals surface area contributed by atoms with Gasteiger partial charge in [0.15, 0.2) is 0 Å². The summed E-state index contributed by atoms with van der Waals surface area (Å²) in [5, 5.41) is 4.67. The lowest BCUT2D eigenvalue weighted by atomic mass is 9.94. The van der Waals surface area contributed by atoms with Gasteiger partial charge in [-0.15, -0.1) is 0 Å². The van der Waals surface area contributed by atoms with Crippen molar-refractivity contribution in [3.8, 4) is 11.1 Å². The van der Waals surface area contributed by atoms with Gasteiger partial charge in [-0.2, -0.15) is 0 Å². The smallest absolute Gasteiger partial charge is 0.0712 e. The van der Waals surface area contributed by atoms with Gasteiger partial charge in [0.1, 0.15) is 0 Å². The molecule has 0 fully saturated rings. The molecule has 2 heteroatoms. The summed E-state index contributed by atoms with van der Waals surface area (Å²) < 4.78 is 0. The van der Waals surface area contributed by atoms with Gasteiger partial charge >= 0.3 is 0 Å². The third kappa shape index (κ3) is 1.73. The summed E-state index contributed by atoms with van der Waals surface area (Å²) in [5.41, 5.74) is 7.56. The molecule has 2 aromatic carbocycles. The van der Waals surface area contributed by atoms with Crippen LogP contribution in [0, 0.1) is 6.92 Å². The average molecular weight is 260 g/mol. The highest BCUT2D eigenvalue weighted by atomic mass is 14.9. The zero-order chi connectivity index (χ0) is 13.5. The van der Waals surface area contributed by atoms with Crippen molar-refractivity contribution in [2.24, 2.45) is 0 Å². The monoisotopic (exact) mass is 260 g/mol. The molecule has 2 heterocycles. The van der Waals surface area contributed by atoms with E-state index in [1.165, 1.54) is 33.3 Å². The van der Waals surface area contributed by atoms with E-state index in [-0.39, 0.29) is 0 Å². The van der Waals surface area contributed by atoms with Crippen LogP contribution in [0.3, 0.4) is 0 Å². The second kappa shape index (κ2) is 4.43. The van der Waals surface area contributed by atoms with Crippen LogP contribution in [0.2, 0.25) is 0 Å². The Morgan fingerprint density at radius 1 is 0.950 bits per heavy atom. The lowest BCUT2D eigenvalue weighted by Crippen LogP contribution is -2.00. The van der Waals surface area contributed by atoms with Crippen LogP contribution in [0.4, 0.5) is 0 Å². The van der Waals surface area contributed by atoms with E-state index in [1.807, 2.05) is 0 Å². The van der Waals surface area contributed by atoms with Crippen molar-refractivity contribution in [3.63, 3.8) is 0 Å². The number of fused-ring (bicyclic) bond motifs is 2. The van der Waals surface area contributed by atoms with Gasteiger partial charge in [0.25, 0.3) is 0 Å².